The molecule has 1 aromatic rings. The predicted molar refractivity (Wildman–Crippen MR) is 99.8 cm³/mol. The smallest absolute Gasteiger partial charge is 0.387 e. The van der Waals surface area contributed by atoms with E-state index in [-0.39, 0.29) is 36.4 Å². The molecule has 0 atom stereocenters. The van der Waals surface area contributed by atoms with Crippen molar-refractivity contribution in [3.05, 3.63) is 23.8 Å². The Labute approximate surface area is 164 Å². The molecule has 0 aromatic heterocycles. The molecule has 1 aliphatic heterocycles. The number of piperidine rings is 1. The molecule has 0 aliphatic carbocycles. The number of hydrogen-bond acceptors (Lipinski definition) is 5. The molecule has 0 spiro atoms. The SMILES string of the molecule is CCOc1cc(CNC(=O)C2(COC)CCNCC2)ccc1OC(F)F.Cl. The molecule has 154 valence electrons. The summed E-state index contributed by atoms with van der Waals surface area (Å²) in [5.74, 6) is 0.144. The van der Waals surface area contributed by atoms with Gasteiger partial charge in [-0.05, 0) is 50.6 Å². The molecule has 0 bridgehead atoms. The Morgan fingerprint density at radius 1 is 1.30 bits per heavy atom. The Balaban J connectivity index is 0.00000364. The molecular weight excluding hydrogens is 382 g/mol. The fourth-order valence-corrected chi connectivity index (χ4v) is 3.11. The van der Waals surface area contributed by atoms with Crippen molar-refractivity contribution < 1.29 is 27.8 Å². The van der Waals surface area contributed by atoms with E-state index in [0.717, 1.165) is 18.7 Å². The normalized spacial score (nSPS) is 15.7. The molecule has 1 fully saturated rings. The molecular formula is C18H27ClF2N2O4. The van der Waals surface area contributed by atoms with Gasteiger partial charge >= 0.3 is 6.61 Å². The third-order valence-electron chi connectivity index (χ3n) is 4.44. The van der Waals surface area contributed by atoms with Crippen LogP contribution in [0.15, 0.2) is 18.2 Å². The van der Waals surface area contributed by atoms with Crippen LogP contribution in [0.5, 0.6) is 11.5 Å². The second-order valence-corrected chi connectivity index (χ2v) is 6.24. The molecule has 2 rings (SSSR count). The van der Waals surface area contributed by atoms with E-state index in [2.05, 4.69) is 15.4 Å². The van der Waals surface area contributed by atoms with Crippen LogP contribution in [0, 0.1) is 5.41 Å². The first-order chi connectivity index (χ1) is 12.5. The Morgan fingerprint density at radius 3 is 2.59 bits per heavy atom. The van der Waals surface area contributed by atoms with Gasteiger partial charge in [-0.1, -0.05) is 6.07 Å². The molecule has 1 aromatic carbocycles. The van der Waals surface area contributed by atoms with Gasteiger partial charge in [0.1, 0.15) is 0 Å². The Bertz CT molecular complexity index is 593. The number of carbonyl (C=O) groups is 1. The van der Waals surface area contributed by atoms with Crippen molar-refractivity contribution >= 4 is 18.3 Å². The number of alkyl halides is 2. The lowest BCUT2D eigenvalue weighted by Gasteiger charge is -2.35. The highest BCUT2D eigenvalue weighted by atomic mass is 35.5. The lowest BCUT2D eigenvalue weighted by atomic mass is 9.78. The molecule has 1 heterocycles. The van der Waals surface area contributed by atoms with Crippen LogP contribution in [0.3, 0.4) is 0 Å². The van der Waals surface area contributed by atoms with Gasteiger partial charge in [0.15, 0.2) is 11.5 Å². The number of nitrogens with one attached hydrogen (secondary N) is 2. The molecule has 1 aliphatic rings. The molecule has 27 heavy (non-hydrogen) atoms. The first-order valence-corrected chi connectivity index (χ1v) is 8.69. The lowest BCUT2D eigenvalue weighted by Crippen LogP contribution is -2.49. The van der Waals surface area contributed by atoms with Gasteiger partial charge in [-0.25, -0.2) is 0 Å². The minimum Gasteiger partial charge on any atom is -0.490 e. The molecule has 0 unspecified atom stereocenters. The van der Waals surface area contributed by atoms with Crippen molar-refractivity contribution in [1.29, 1.82) is 0 Å². The minimum atomic E-state index is -2.92. The maximum atomic E-state index is 12.7. The van der Waals surface area contributed by atoms with E-state index in [1.807, 2.05) is 0 Å². The summed E-state index contributed by atoms with van der Waals surface area (Å²) in [6.07, 6.45) is 1.41. The topological polar surface area (TPSA) is 68.8 Å². The molecule has 6 nitrogen and oxygen atoms in total. The summed E-state index contributed by atoms with van der Waals surface area (Å²) in [6, 6.07) is 4.66. The van der Waals surface area contributed by atoms with Crippen molar-refractivity contribution in [3.8, 4) is 11.5 Å². The molecule has 0 radical (unpaired) electrons. The lowest BCUT2D eigenvalue weighted by molar-refractivity contribution is -0.136. The largest absolute Gasteiger partial charge is 0.490 e. The second-order valence-electron chi connectivity index (χ2n) is 6.24. The van der Waals surface area contributed by atoms with E-state index in [4.69, 9.17) is 9.47 Å². The van der Waals surface area contributed by atoms with Crippen LogP contribution in [0.2, 0.25) is 0 Å². The summed E-state index contributed by atoms with van der Waals surface area (Å²) in [5.41, 5.74) is 0.200. The third kappa shape index (κ3) is 6.48. The number of methoxy groups -OCH3 is 1. The van der Waals surface area contributed by atoms with Gasteiger partial charge in [-0.15, -0.1) is 12.4 Å². The van der Waals surface area contributed by atoms with Crippen molar-refractivity contribution in [2.24, 2.45) is 5.41 Å². The highest BCUT2D eigenvalue weighted by molar-refractivity contribution is 5.85. The first-order valence-electron chi connectivity index (χ1n) is 8.69. The number of rotatable bonds is 9. The first kappa shape index (κ1) is 23.4. The summed E-state index contributed by atoms with van der Waals surface area (Å²) >= 11 is 0. The van der Waals surface area contributed by atoms with Gasteiger partial charge in [0, 0.05) is 13.7 Å². The zero-order valence-electron chi connectivity index (χ0n) is 15.6. The quantitative estimate of drug-likeness (QED) is 0.657. The van der Waals surface area contributed by atoms with Crippen LogP contribution in [0.1, 0.15) is 25.3 Å². The summed E-state index contributed by atoms with van der Waals surface area (Å²) in [6.45, 7) is 1.33. The Kier molecular flexibility index (Phi) is 9.76. The van der Waals surface area contributed by atoms with E-state index in [0.29, 0.717) is 26.1 Å². The number of halogens is 3. The predicted octanol–water partition coefficient (Wildman–Crippen LogP) is 2.74. The molecule has 9 heteroatoms. The molecule has 2 N–H and O–H groups in total. The van der Waals surface area contributed by atoms with Crippen molar-refractivity contribution in [2.45, 2.75) is 32.9 Å². The Morgan fingerprint density at radius 2 is 2.00 bits per heavy atom. The summed E-state index contributed by atoms with van der Waals surface area (Å²) in [4.78, 5) is 12.7. The number of hydrogen-bond donors (Lipinski definition) is 2. The van der Waals surface area contributed by atoms with Gasteiger partial charge in [-0.2, -0.15) is 8.78 Å². The minimum absolute atomic E-state index is 0. The second kappa shape index (κ2) is 11.3. The maximum absolute atomic E-state index is 12.7. The Hall–Kier alpha value is -1.64. The van der Waals surface area contributed by atoms with Crippen LogP contribution < -0.4 is 20.1 Å². The highest BCUT2D eigenvalue weighted by Crippen LogP contribution is 2.31. The standard InChI is InChI=1S/C18H26F2N2O4.ClH/c1-3-25-15-10-13(4-5-14(15)26-17(19)20)11-22-16(23)18(12-24-2)6-8-21-9-7-18;/h4-5,10,17,21H,3,6-9,11-12H2,1-2H3,(H,22,23);1H. The fraction of sp³-hybridized carbons (Fsp3) is 0.611. The number of benzene rings is 1. The van der Waals surface area contributed by atoms with Crippen LogP contribution >= 0.6 is 12.4 Å². The van der Waals surface area contributed by atoms with E-state index < -0.39 is 12.0 Å². The van der Waals surface area contributed by atoms with Crippen molar-refractivity contribution in [2.75, 3.05) is 33.4 Å². The van der Waals surface area contributed by atoms with Gasteiger partial charge < -0.3 is 24.8 Å². The van der Waals surface area contributed by atoms with E-state index in [9.17, 15) is 13.6 Å². The van der Waals surface area contributed by atoms with E-state index in [1.165, 1.54) is 6.07 Å². The van der Waals surface area contributed by atoms with Crippen molar-refractivity contribution in [1.82, 2.24) is 10.6 Å². The van der Waals surface area contributed by atoms with Crippen LogP contribution in [0.4, 0.5) is 8.78 Å². The van der Waals surface area contributed by atoms with Crippen LogP contribution in [-0.2, 0) is 16.1 Å². The third-order valence-corrected chi connectivity index (χ3v) is 4.44. The summed E-state index contributed by atoms with van der Waals surface area (Å²) < 4.78 is 40.0. The molecule has 1 saturated heterocycles. The average Bonchev–Trinajstić information content (AvgIpc) is 2.62. The molecule has 0 saturated carbocycles. The van der Waals surface area contributed by atoms with Gasteiger partial charge in [0.2, 0.25) is 5.91 Å². The highest BCUT2D eigenvalue weighted by Gasteiger charge is 2.39. The number of carbonyl (C=O) groups excluding carboxylic acids is 1. The molecule has 1 amide bonds. The van der Waals surface area contributed by atoms with Gasteiger partial charge in [0.05, 0.1) is 18.6 Å². The maximum Gasteiger partial charge on any atom is 0.387 e. The summed E-state index contributed by atoms with van der Waals surface area (Å²) in [7, 11) is 1.59. The average molecular weight is 409 g/mol. The van der Waals surface area contributed by atoms with Gasteiger partial charge in [-0.3, -0.25) is 4.79 Å². The zero-order valence-corrected chi connectivity index (χ0v) is 16.4. The zero-order chi connectivity index (χ0) is 19.0. The number of amides is 1. The van der Waals surface area contributed by atoms with Crippen molar-refractivity contribution in [3.63, 3.8) is 0 Å². The fourth-order valence-electron chi connectivity index (χ4n) is 3.11. The van der Waals surface area contributed by atoms with E-state index in [1.54, 1.807) is 26.2 Å². The van der Waals surface area contributed by atoms with Crippen LogP contribution in [0.25, 0.3) is 0 Å². The van der Waals surface area contributed by atoms with Gasteiger partial charge in [0.25, 0.3) is 0 Å². The summed E-state index contributed by atoms with van der Waals surface area (Å²) in [5, 5.41) is 6.18. The number of ether oxygens (including phenoxy) is 3. The monoisotopic (exact) mass is 408 g/mol. The van der Waals surface area contributed by atoms with E-state index >= 15 is 0 Å². The van der Waals surface area contributed by atoms with Crippen LogP contribution in [-0.4, -0.2) is 45.9 Å².